The molecule has 3 rings (SSSR count). The van der Waals surface area contributed by atoms with E-state index in [1.54, 1.807) is 42.5 Å². The smallest absolute Gasteiger partial charge is 0.196 e. The van der Waals surface area contributed by atoms with Gasteiger partial charge in [0.2, 0.25) is 0 Å². The summed E-state index contributed by atoms with van der Waals surface area (Å²) in [4.78, 5) is 24.3. The zero-order valence-electron chi connectivity index (χ0n) is 16.5. The van der Waals surface area contributed by atoms with Crippen LogP contribution in [0, 0.1) is 0 Å². The maximum absolute atomic E-state index is 12.8. The minimum Gasteiger partial charge on any atom is -0.507 e. The SMILES string of the molecule is C=CC(=O)C(O)Cc1ccc(-c2cc(C(=O)c3ccccc3)c(O)cc2OC)cc1. The third-order valence-electron chi connectivity index (χ3n) is 4.82. The lowest BCUT2D eigenvalue weighted by Crippen LogP contribution is -2.20. The van der Waals surface area contributed by atoms with Gasteiger partial charge in [-0.25, -0.2) is 0 Å². The number of phenolic OH excluding ortho intramolecular Hbond substituents is 1. The number of carbonyl (C=O) groups is 2. The fourth-order valence-corrected chi connectivity index (χ4v) is 3.17. The number of ether oxygens (including phenoxy) is 1. The standard InChI is InChI=1S/C25H22O5/c1-3-21(26)23(28)13-16-9-11-17(12-10-16)19-14-20(22(27)15-24(19)30-2)25(29)18-7-5-4-6-8-18/h3-12,14-15,23,27-28H,1,13H2,2H3. The maximum atomic E-state index is 12.8. The summed E-state index contributed by atoms with van der Waals surface area (Å²) < 4.78 is 5.39. The van der Waals surface area contributed by atoms with Gasteiger partial charge in [0.15, 0.2) is 11.6 Å². The monoisotopic (exact) mass is 402 g/mol. The number of rotatable bonds is 8. The molecule has 1 atom stereocenters. The predicted octanol–water partition coefficient (Wildman–Crippen LogP) is 3.96. The van der Waals surface area contributed by atoms with E-state index in [4.69, 9.17) is 4.74 Å². The first-order valence-electron chi connectivity index (χ1n) is 9.39. The van der Waals surface area contributed by atoms with Crippen molar-refractivity contribution in [2.24, 2.45) is 0 Å². The molecule has 30 heavy (non-hydrogen) atoms. The summed E-state index contributed by atoms with van der Waals surface area (Å²) in [6, 6.07) is 19.0. The molecule has 3 aromatic carbocycles. The van der Waals surface area contributed by atoms with Crippen molar-refractivity contribution in [3.05, 3.63) is 96.1 Å². The number of carbonyl (C=O) groups excluding carboxylic acids is 2. The van der Waals surface area contributed by atoms with E-state index in [2.05, 4.69) is 6.58 Å². The molecule has 0 aliphatic heterocycles. The van der Waals surface area contributed by atoms with Crippen LogP contribution in [0.1, 0.15) is 21.5 Å². The fraction of sp³-hybridized carbons (Fsp3) is 0.120. The normalized spacial score (nSPS) is 11.5. The minimum absolute atomic E-state index is 0.160. The van der Waals surface area contributed by atoms with E-state index in [-0.39, 0.29) is 23.5 Å². The maximum Gasteiger partial charge on any atom is 0.196 e. The average Bonchev–Trinajstić information content (AvgIpc) is 2.79. The lowest BCUT2D eigenvalue weighted by atomic mass is 9.95. The number of hydrogen-bond acceptors (Lipinski definition) is 5. The van der Waals surface area contributed by atoms with Gasteiger partial charge >= 0.3 is 0 Å². The number of ketones is 2. The van der Waals surface area contributed by atoms with Gasteiger partial charge in [-0.3, -0.25) is 9.59 Å². The largest absolute Gasteiger partial charge is 0.507 e. The van der Waals surface area contributed by atoms with E-state index in [9.17, 15) is 19.8 Å². The van der Waals surface area contributed by atoms with Gasteiger partial charge in [0, 0.05) is 23.6 Å². The molecule has 0 aliphatic rings. The van der Waals surface area contributed by atoms with Crippen LogP contribution in [0.25, 0.3) is 11.1 Å². The Morgan fingerprint density at radius 1 is 1.07 bits per heavy atom. The van der Waals surface area contributed by atoms with Gasteiger partial charge in [-0.1, -0.05) is 61.2 Å². The Morgan fingerprint density at radius 3 is 2.33 bits per heavy atom. The van der Waals surface area contributed by atoms with Crippen molar-refractivity contribution in [1.29, 1.82) is 0 Å². The zero-order valence-corrected chi connectivity index (χ0v) is 16.5. The molecule has 0 amide bonds. The highest BCUT2D eigenvalue weighted by atomic mass is 16.5. The van der Waals surface area contributed by atoms with Crippen molar-refractivity contribution < 1.29 is 24.5 Å². The van der Waals surface area contributed by atoms with Gasteiger partial charge in [0.1, 0.15) is 17.6 Å². The molecule has 152 valence electrons. The second-order valence-electron chi connectivity index (χ2n) is 6.79. The summed E-state index contributed by atoms with van der Waals surface area (Å²) in [5.74, 6) is -0.457. The molecule has 0 fully saturated rings. The quantitative estimate of drug-likeness (QED) is 0.440. The summed E-state index contributed by atoms with van der Waals surface area (Å²) in [6.07, 6.45) is 0.146. The molecule has 0 spiro atoms. The van der Waals surface area contributed by atoms with E-state index < -0.39 is 11.9 Å². The first-order valence-corrected chi connectivity index (χ1v) is 9.39. The van der Waals surface area contributed by atoms with E-state index in [1.807, 2.05) is 18.2 Å². The van der Waals surface area contributed by atoms with E-state index in [1.165, 1.54) is 13.2 Å². The van der Waals surface area contributed by atoms with Crippen LogP contribution in [0.4, 0.5) is 0 Å². The number of phenols is 1. The molecule has 3 aromatic rings. The third kappa shape index (κ3) is 4.47. The molecular formula is C25H22O5. The van der Waals surface area contributed by atoms with Crippen LogP contribution in [0.15, 0.2) is 79.4 Å². The van der Waals surface area contributed by atoms with Crippen LogP contribution in [0.3, 0.4) is 0 Å². The number of methoxy groups -OCH3 is 1. The second-order valence-corrected chi connectivity index (χ2v) is 6.79. The number of hydrogen-bond donors (Lipinski definition) is 2. The van der Waals surface area contributed by atoms with Gasteiger partial charge in [-0.2, -0.15) is 0 Å². The van der Waals surface area contributed by atoms with Crippen LogP contribution in [-0.2, 0) is 11.2 Å². The first-order chi connectivity index (χ1) is 14.4. The molecule has 2 N–H and O–H groups in total. The number of benzene rings is 3. The van der Waals surface area contributed by atoms with Crippen molar-refractivity contribution in [1.82, 2.24) is 0 Å². The van der Waals surface area contributed by atoms with Crippen LogP contribution < -0.4 is 4.74 Å². The van der Waals surface area contributed by atoms with E-state index in [0.717, 1.165) is 17.2 Å². The number of aromatic hydroxyl groups is 1. The van der Waals surface area contributed by atoms with Gasteiger partial charge in [0.25, 0.3) is 0 Å². The van der Waals surface area contributed by atoms with Gasteiger partial charge < -0.3 is 14.9 Å². The van der Waals surface area contributed by atoms with E-state index >= 15 is 0 Å². The van der Waals surface area contributed by atoms with Crippen LogP contribution in [-0.4, -0.2) is 35.0 Å². The molecule has 0 saturated heterocycles. The van der Waals surface area contributed by atoms with Crippen molar-refractivity contribution in [3.63, 3.8) is 0 Å². The molecular weight excluding hydrogens is 380 g/mol. The third-order valence-corrected chi connectivity index (χ3v) is 4.82. The summed E-state index contributed by atoms with van der Waals surface area (Å²) in [5, 5.41) is 20.2. The zero-order chi connectivity index (χ0) is 21.7. The van der Waals surface area contributed by atoms with Crippen molar-refractivity contribution >= 4 is 11.6 Å². The molecule has 0 saturated carbocycles. The van der Waals surface area contributed by atoms with Gasteiger partial charge in [-0.15, -0.1) is 0 Å². The average molecular weight is 402 g/mol. The number of aliphatic hydroxyl groups is 1. The summed E-state index contributed by atoms with van der Waals surface area (Å²) in [5.41, 5.74) is 2.83. The van der Waals surface area contributed by atoms with Crippen LogP contribution in [0.2, 0.25) is 0 Å². The Balaban J connectivity index is 1.96. The summed E-state index contributed by atoms with van der Waals surface area (Å²) >= 11 is 0. The van der Waals surface area contributed by atoms with Crippen LogP contribution >= 0.6 is 0 Å². The molecule has 0 radical (unpaired) electrons. The molecule has 5 nitrogen and oxygen atoms in total. The summed E-state index contributed by atoms with van der Waals surface area (Å²) in [7, 11) is 1.49. The second kappa shape index (κ2) is 9.20. The summed E-state index contributed by atoms with van der Waals surface area (Å²) in [6.45, 7) is 3.38. The van der Waals surface area contributed by atoms with Crippen molar-refractivity contribution in [3.8, 4) is 22.6 Å². The highest BCUT2D eigenvalue weighted by Gasteiger charge is 2.19. The Labute approximate surface area is 174 Å². The molecule has 0 bridgehead atoms. The van der Waals surface area contributed by atoms with Gasteiger partial charge in [-0.05, 0) is 23.3 Å². The van der Waals surface area contributed by atoms with Gasteiger partial charge in [0.05, 0.1) is 12.7 Å². The molecule has 5 heteroatoms. The Morgan fingerprint density at radius 2 is 1.73 bits per heavy atom. The topological polar surface area (TPSA) is 83.8 Å². The fourth-order valence-electron chi connectivity index (χ4n) is 3.17. The molecule has 0 heterocycles. The minimum atomic E-state index is -1.13. The Hall–Kier alpha value is -3.70. The first kappa shape index (κ1) is 21.0. The Bertz CT molecular complexity index is 1070. The van der Waals surface area contributed by atoms with E-state index in [0.29, 0.717) is 16.9 Å². The number of aliphatic hydroxyl groups excluding tert-OH is 1. The predicted molar refractivity (Wildman–Crippen MR) is 115 cm³/mol. The van der Waals surface area contributed by atoms with Crippen LogP contribution in [0.5, 0.6) is 11.5 Å². The van der Waals surface area contributed by atoms with Crippen molar-refractivity contribution in [2.45, 2.75) is 12.5 Å². The van der Waals surface area contributed by atoms with Crippen molar-refractivity contribution in [2.75, 3.05) is 7.11 Å². The molecule has 1 unspecified atom stereocenters. The Kier molecular flexibility index (Phi) is 6.45. The lowest BCUT2D eigenvalue weighted by molar-refractivity contribution is -0.122. The molecule has 0 aromatic heterocycles. The lowest BCUT2D eigenvalue weighted by Gasteiger charge is -2.14. The highest BCUT2D eigenvalue weighted by molar-refractivity contribution is 6.11. The molecule has 0 aliphatic carbocycles. The highest BCUT2D eigenvalue weighted by Crippen LogP contribution is 2.36.